The highest BCUT2D eigenvalue weighted by Crippen LogP contribution is 2.33. The van der Waals surface area contributed by atoms with Crippen LogP contribution in [0.4, 0.5) is 10.1 Å². The Morgan fingerprint density at radius 2 is 2.12 bits per heavy atom. The van der Waals surface area contributed by atoms with E-state index in [1.54, 1.807) is 0 Å². The van der Waals surface area contributed by atoms with Crippen LogP contribution in [0.25, 0.3) is 0 Å². The summed E-state index contributed by atoms with van der Waals surface area (Å²) in [7, 11) is -3.00. The number of piperidine rings is 1. The molecule has 136 valence electrons. The van der Waals surface area contributed by atoms with E-state index in [0.717, 1.165) is 19.2 Å². The number of benzene rings is 1. The lowest BCUT2D eigenvalue weighted by atomic mass is 9.97. The van der Waals surface area contributed by atoms with Gasteiger partial charge in [0.1, 0.15) is 0 Å². The maximum Gasteiger partial charge on any atom is 0.315 e. The molecule has 24 heavy (non-hydrogen) atoms. The van der Waals surface area contributed by atoms with Crippen molar-refractivity contribution in [1.29, 1.82) is 0 Å². The monoisotopic (exact) mass is 383 g/mol. The Balaban J connectivity index is 0.00000288. The van der Waals surface area contributed by atoms with Crippen molar-refractivity contribution >= 4 is 28.1 Å². The molecule has 0 spiro atoms. The number of rotatable bonds is 5. The summed E-state index contributed by atoms with van der Waals surface area (Å²) in [5, 5.41) is 14.1. The number of hydrogen-bond donors (Lipinski definition) is 2. The standard InChI is InChI=1S/C13H18FN3O5S.ClH/c1-8-7-15-4-3-11(8)16-23(20,21)9-5-10(14)13(22-2)12(6-9)17(18)19;/h5-6,8,11,15-16H,3-4,7H2,1-2H3;1H. The van der Waals surface area contributed by atoms with Gasteiger partial charge in [-0.15, -0.1) is 12.4 Å². The molecule has 1 aliphatic heterocycles. The predicted octanol–water partition coefficient (Wildman–Crippen LogP) is 1.44. The van der Waals surface area contributed by atoms with Crippen molar-refractivity contribution in [2.45, 2.75) is 24.3 Å². The van der Waals surface area contributed by atoms with E-state index in [2.05, 4.69) is 14.8 Å². The highest BCUT2D eigenvalue weighted by molar-refractivity contribution is 7.89. The van der Waals surface area contributed by atoms with Crippen LogP contribution in [0.15, 0.2) is 17.0 Å². The maximum absolute atomic E-state index is 13.9. The normalized spacial score (nSPS) is 21.0. The van der Waals surface area contributed by atoms with Crippen molar-refractivity contribution < 1.29 is 22.5 Å². The van der Waals surface area contributed by atoms with Gasteiger partial charge in [0, 0.05) is 12.1 Å². The molecule has 1 saturated heterocycles. The number of hydrogen-bond acceptors (Lipinski definition) is 6. The van der Waals surface area contributed by atoms with Gasteiger partial charge in [-0.3, -0.25) is 10.1 Å². The smallest absolute Gasteiger partial charge is 0.315 e. The lowest BCUT2D eigenvalue weighted by Gasteiger charge is -2.29. The molecule has 2 atom stereocenters. The van der Waals surface area contributed by atoms with Crippen molar-refractivity contribution in [1.82, 2.24) is 10.0 Å². The number of nitro benzene ring substituents is 1. The molecular weight excluding hydrogens is 365 g/mol. The summed E-state index contributed by atoms with van der Waals surface area (Å²) in [5.74, 6) is -1.64. The minimum absolute atomic E-state index is 0. The molecule has 0 aliphatic carbocycles. The molecule has 11 heteroatoms. The SMILES string of the molecule is COc1c(F)cc(S(=O)(=O)NC2CCNCC2C)cc1[N+](=O)[O-].Cl. The topological polar surface area (TPSA) is 111 Å². The Kier molecular flexibility index (Phi) is 6.90. The first kappa shape index (κ1) is 20.6. The van der Waals surface area contributed by atoms with Gasteiger partial charge in [0.2, 0.25) is 15.8 Å². The molecule has 0 radical (unpaired) electrons. The fraction of sp³-hybridized carbons (Fsp3) is 0.538. The van der Waals surface area contributed by atoms with Crippen LogP contribution in [-0.4, -0.2) is 39.6 Å². The van der Waals surface area contributed by atoms with E-state index in [0.29, 0.717) is 19.5 Å². The van der Waals surface area contributed by atoms with Crippen molar-refractivity contribution in [3.63, 3.8) is 0 Å². The first-order chi connectivity index (χ1) is 10.8. The van der Waals surface area contributed by atoms with E-state index < -0.39 is 37.1 Å². The molecular formula is C13H19ClFN3O5S. The molecule has 1 fully saturated rings. The molecule has 1 aromatic carbocycles. The van der Waals surface area contributed by atoms with E-state index in [4.69, 9.17) is 0 Å². The van der Waals surface area contributed by atoms with Crippen molar-refractivity contribution in [3.8, 4) is 5.75 Å². The second-order valence-corrected chi connectivity index (χ2v) is 7.13. The van der Waals surface area contributed by atoms with Gasteiger partial charge in [-0.05, 0) is 31.5 Å². The first-order valence-corrected chi connectivity index (χ1v) is 8.49. The van der Waals surface area contributed by atoms with Crippen LogP contribution in [-0.2, 0) is 10.0 Å². The van der Waals surface area contributed by atoms with Gasteiger partial charge >= 0.3 is 5.69 Å². The van der Waals surface area contributed by atoms with E-state index in [1.807, 2.05) is 6.92 Å². The van der Waals surface area contributed by atoms with Crippen LogP contribution in [0.1, 0.15) is 13.3 Å². The largest absolute Gasteiger partial charge is 0.488 e. The molecule has 0 amide bonds. The molecule has 2 rings (SSSR count). The van der Waals surface area contributed by atoms with Gasteiger partial charge < -0.3 is 10.1 Å². The lowest BCUT2D eigenvalue weighted by Crippen LogP contribution is -2.48. The predicted molar refractivity (Wildman–Crippen MR) is 87.6 cm³/mol. The van der Waals surface area contributed by atoms with E-state index in [1.165, 1.54) is 0 Å². The van der Waals surface area contributed by atoms with Gasteiger partial charge in [-0.25, -0.2) is 17.5 Å². The number of sulfonamides is 1. The summed E-state index contributed by atoms with van der Waals surface area (Å²) in [6.07, 6.45) is 0.584. The Bertz CT molecular complexity index is 716. The molecule has 0 aromatic heterocycles. The molecule has 1 aromatic rings. The number of nitrogens with one attached hydrogen (secondary N) is 2. The van der Waals surface area contributed by atoms with Crippen LogP contribution in [0.5, 0.6) is 5.75 Å². The van der Waals surface area contributed by atoms with Gasteiger partial charge in [0.15, 0.2) is 5.82 Å². The molecule has 2 unspecified atom stereocenters. The minimum Gasteiger partial charge on any atom is -0.488 e. The summed E-state index contributed by atoms with van der Waals surface area (Å²) < 4.78 is 45.9. The molecule has 1 heterocycles. The first-order valence-electron chi connectivity index (χ1n) is 7.01. The zero-order valence-corrected chi connectivity index (χ0v) is 14.7. The molecule has 0 saturated carbocycles. The second kappa shape index (κ2) is 8.06. The average Bonchev–Trinajstić information content (AvgIpc) is 2.48. The van der Waals surface area contributed by atoms with E-state index in [-0.39, 0.29) is 24.4 Å². The lowest BCUT2D eigenvalue weighted by molar-refractivity contribution is -0.386. The minimum atomic E-state index is -4.07. The molecule has 1 aliphatic rings. The highest BCUT2D eigenvalue weighted by Gasteiger charge is 2.30. The summed E-state index contributed by atoms with van der Waals surface area (Å²) >= 11 is 0. The Morgan fingerprint density at radius 1 is 1.46 bits per heavy atom. The fourth-order valence-corrected chi connectivity index (χ4v) is 3.91. The van der Waals surface area contributed by atoms with Crippen molar-refractivity contribution in [3.05, 3.63) is 28.1 Å². The van der Waals surface area contributed by atoms with Gasteiger partial charge in [-0.1, -0.05) is 6.92 Å². The van der Waals surface area contributed by atoms with E-state index >= 15 is 0 Å². The van der Waals surface area contributed by atoms with Crippen molar-refractivity contribution in [2.24, 2.45) is 5.92 Å². The maximum atomic E-state index is 13.9. The summed E-state index contributed by atoms with van der Waals surface area (Å²) in [4.78, 5) is 9.62. The van der Waals surface area contributed by atoms with Crippen LogP contribution >= 0.6 is 12.4 Å². The van der Waals surface area contributed by atoms with E-state index in [9.17, 15) is 22.9 Å². The van der Waals surface area contributed by atoms with Gasteiger partial charge in [0.25, 0.3) is 0 Å². The van der Waals surface area contributed by atoms with Gasteiger partial charge in [-0.2, -0.15) is 0 Å². The Morgan fingerprint density at radius 3 is 2.67 bits per heavy atom. The molecule has 0 bridgehead atoms. The van der Waals surface area contributed by atoms with Crippen LogP contribution in [0.3, 0.4) is 0 Å². The summed E-state index contributed by atoms with van der Waals surface area (Å²) in [6.45, 7) is 3.20. The zero-order chi connectivity index (χ0) is 17.2. The Hall–Kier alpha value is -1.49. The quantitative estimate of drug-likeness (QED) is 0.588. The third kappa shape index (κ3) is 4.32. The number of methoxy groups -OCH3 is 1. The summed E-state index contributed by atoms with van der Waals surface area (Å²) in [5.41, 5.74) is -0.730. The van der Waals surface area contributed by atoms with Gasteiger partial charge in [0.05, 0.1) is 16.9 Å². The Labute approximate surface area is 145 Å². The number of halogens is 2. The number of nitrogens with zero attached hydrogens (tertiary/aromatic N) is 1. The molecule has 2 N–H and O–H groups in total. The van der Waals surface area contributed by atoms with Crippen LogP contribution in [0, 0.1) is 21.8 Å². The fourth-order valence-electron chi connectivity index (χ4n) is 2.50. The zero-order valence-electron chi connectivity index (χ0n) is 13.1. The molecule has 8 nitrogen and oxygen atoms in total. The van der Waals surface area contributed by atoms with Crippen LogP contribution < -0.4 is 14.8 Å². The van der Waals surface area contributed by atoms with Crippen molar-refractivity contribution in [2.75, 3.05) is 20.2 Å². The third-order valence-corrected chi connectivity index (χ3v) is 5.27. The third-order valence-electron chi connectivity index (χ3n) is 3.80. The second-order valence-electron chi connectivity index (χ2n) is 5.41. The number of ether oxygens (including phenoxy) is 1. The summed E-state index contributed by atoms with van der Waals surface area (Å²) in [6, 6.07) is 1.21. The van der Waals surface area contributed by atoms with Crippen LogP contribution in [0.2, 0.25) is 0 Å². The average molecular weight is 384 g/mol. The highest BCUT2D eigenvalue weighted by atomic mass is 35.5. The number of nitro groups is 1.